The molecule has 2 aromatic heterocycles. The van der Waals surface area contributed by atoms with Crippen LogP contribution in [0.15, 0.2) is 59.1 Å². The number of thiazole rings is 2. The van der Waals surface area contributed by atoms with Gasteiger partial charge in [0.05, 0.1) is 47.6 Å². The van der Waals surface area contributed by atoms with Gasteiger partial charge in [-0.05, 0) is 55.0 Å². The molecular weight excluding hydrogens is 817 g/mol. The summed E-state index contributed by atoms with van der Waals surface area (Å²) in [6.45, 7) is 10.8. The van der Waals surface area contributed by atoms with E-state index in [9.17, 15) is 33.1 Å². The molecule has 2 aliphatic heterocycles. The zero-order chi connectivity index (χ0) is 43.1. The number of amides is 4. The van der Waals surface area contributed by atoms with E-state index in [1.54, 1.807) is 43.0 Å². The Morgan fingerprint density at radius 3 is 2.45 bits per heavy atom. The Kier molecular flexibility index (Phi) is 14.2. The molecule has 6 rings (SSSR count). The van der Waals surface area contributed by atoms with Crippen molar-refractivity contribution in [2.45, 2.75) is 65.6 Å². The number of aromatic nitrogens is 2. The van der Waals surface area contributed by atoms with E-state index in [1.807, 2.05) is 43.0 Å². The minimum absolute atomic E-state index is 0.0508. The van der Waals surface area contributed by atoms with Crippen molar-refractivity contribution in [3.05, 3.63) is 82.0 Å². The summed E-state index contributed by atoms with van der Waals surface area (Å²) in [6, 6.07) is 7.53. The summed E-state index contributed by atoms with van der Waals surface area (Å²) in [5, 5.41) is 21.2. The van der Waals surface area contributed by atoms with E-state index in [-0.39, 0.29) is 37.3 Å². The van der Waals surface area contributed by atoms with Gasteiger partial charge in [0.1, 0.15) is 17.8 Å². The average Bonchev–Trinajstić information content (AvgIpc) is 3.99. The van der Waals surface area contributed by atoms with Gasteiger partial charge in [-0.2, -0.15) is 4.39 Å². The molecule has 4 amide bonds. The number of ether oxygens (including phenoxy) is 2. The molecule has 0 aliphatic carbocycles. The second kappa shape index (κ2) is 19.3. The van der Waals surface area contributed by atoms with Gasteiger partial charge in [-0.3, -0.25) is 19.2 Å². The van der Waals surface area contributed by atoms with E-state index in [4.69, 9.17) is 9.47 Å². The van der Waals surface area contributed by atoms with Crippen LogP contribution in [0, 0.1) is 24.0 Å². The maximum atomic E-state index is 15.0. The highest BCUT2D eigenvalue weighted by molar-refractivity contribution is 7.14. The van der Waals surface area contributed by atoms with Gasteiger partial charge in [0.25, 0.3) is 5.91 Å². The number of aliphatic hydroxyl groups is 1. The van der Waals surface area contributed by atoms with Crippen LogP contribution in [0.5, 0.6) is 5.75 Å². The fourth-order valence-electron chi connectivity index (χ4n) is 6.79. The van der Waals surface area contributed by atoms with Crippen LogP contribution in [0.1, 0.15) is 57.8 Å². The maximum Gasteiger partial charge on any atom is 0.257 e. The molecule has 3 atom stereocenters. The summed E-state index contributed by atoms with van der Waals surface area (Å²) in [5.74, 6) is -5.09. The highest BCUT2D eigenvalue weighted by Gasteiger charge is 2.42. The number of hydrogen-bond acceptors (Lipinski definition) is 12. The van der Waals surface area contributed by atoms with Crippen LogP contribution in [0.25, 0.3) is 21.7 Å². The molecule has 18 heteroatoms. The van der Waals surface area contributed by atoms with Gasteiger partial charge in [0.15, 0.2) is 23.3 Å². The third kappa shape index (κ3) is 10.6. The van der Waals surface area contributed by atoms with Crippen LogP contribution in [0.2, 0.25) is 0 Å². The molecule has 0 unspecified atom stereocenters. The van der Waals surface area contributed by atoms with Crippen molar-refractivity contribution in [3.63, 3.8) is 0 Å². The Morgan fingerprint density at radius 2 is 1.77 bits per heavy atom. The predicted molar refractivity (Wildman–Crippen MR) is 225 cm³/mol. The fraction of sp³-hybridized carbons (Fsp3) is 0.429. The number of carbonyl (C=O) groups excluding carboxylic acids is 4. The van der Waals surface area contributed by atoms with Crippen LogP contribution in [-0.2, 0) is 23.9 Å². The number of hydrogen-bond donors (Lipinski definition) is 4. The van der Waals surface area contributed by atoms with E-state index in [2.05, 4.69) is 25.9 Å². The second-order valence-electron chi connectivity index (χ2n) is 15.6. The number of nitrogens with one attached hydrogen (secondary N) is 3. The molecule has 4 N–H and O–H groups in total. The van der Waals surface area contributed by atoms with Gasteiger partial charge >= 0.3 is 0 Å². The molecule has 2 aromatic carbocycles. The topological polar surface area (TPSA) is 175 Å². The van der Waals surface area contributed by atoms with Gasteiger partial charge < -0.3 is 40.3 Å². The molecule has 60 heavy (non-hydrogen) atoms. The summed E-state index contributed by atoms with van der Waals surface area (Å²) >= 11 is 2.90. The van der Waals surface area contributed by atoms with Crippen LogP contribution in [0.4, 0.5) is 13.9 Å². The minimum Gasteiger partial charge on any atom is -0.511 e. The fourth-order valence-corrected chi connectivity index (χ4v) is 8.48. The molecule has 4 aromatic rings. The van der Waals surface area contributed by atoms with E-state index in [0.29, 0.717) is 37.1 Å². The first-order chi connectivity index (χ1) is 28.6. The van der Waals surface area contributed by atoms with Crippen molar-refractivity contribution in [2.75, 3.05) is 50.9 Å². The van der Waals surface area contributed by atoms with Crippen LogP contribution < -0.4 is 25.6 Å². The number of nitrogens with zero attached hydrogens (tertiary/aromatic N) is 4. The summed E-state index contributed by atoms with van der Waals surface area (Å²) in [4.78, 5) is 66.7. The molecule has 1 fully saturated rings. The molecule has 2 aliphatic rings. The first-order valence-electron chi connectivity index (χ1n) is 19.6. The number of benzene rings is 2. The lowest BCUT2D eigenvalue weighted by Gasteiger charge is -2.35. The van der Waals surface area contributed by atoms with E-state index in [1.165, 1.54) is 28.4 Å². The number of carbonyl (C=O) groups is 4. The number of aryl methyl sites for hydroxylation is 1. The molecule has 1 saturated heterocycles. The van der Waals surface area contributed by atoms with Gasteiger partial charge in [0, 0.05) is 37.0 Å². The molecule has 0 radical (unpaired) electrons. The Bertz CT molecular complexity index is 2220. The monoisotopic (exact) mass is 865 g/mol. The van der Waals surface area contributed by atoms with Crippen LogP contribution in [0.3, 0.4) is 0 Å². The van der Waals surface area contributed by atoms with Gasteiger partial charge in [0.2, 0.25) is 23.5 Å². The molecule has 14 nitrogen and oxygen atoms in total. The standard InChI is InChI=1S/C42H49F2N7O7S2/c1-24(26-8-10-27(11-9-26)37-25(2)46-23-60-37)47-39(55)32-19-28(52)20-51(32)40(56)38(42(3,4)5)49-33(53)7-6-14-45-34(54)21-58-36-29(12-13-30(43)35(36)44)31-22-59-41(48-31)50-15-17-57-18-16-50/h8-13,19,22-24,32,38,52H,6-7,14-18,20-21H2,1-5H3,(H,45,54)(H,47,55)(H,49,53)/t24-,32-,38+/m0/s1. The number of anilines is 1. The Labute approximate surface area is 355 Å². The van der Waals surface area contributed by atoms with Gasteiger partial charge in [-0.1, -0.05) is 45.0 Å². The lowest BCUT2D eigenvalue weighted by molar-refractivity contribution is -0.143. The normalized spacial score (nSPS) is 16.5. The lowest BCUT2D eigenvalue weighted by Crippen LogP contribution is -2.58. The van der Waals surface area contributed by atoms with Crippen molar-refractivity contribution in [1.82, 2.24) is 30.8 Å². The predicted octanol–water partition coefficient (Wildman–Crippen LogP) is 5.69. The van der Waals surface area contributed by atoms with Crippen molar-refractivity contribution in [2.24, 2.45) is 5.41 Å². The number of aliphatic hydroxyl groups excluding tert-OH is 1. The quantitative estimate of drug-likeness (QED) is 0.109. The number of morpholine rings is 1. The van der Waals surface area contributed by atoms with Crippen molar-refractivity contribution in [3.8, 4) is 27.4 Å². The molecular formula is C42H49F2N7O7S2. The van der Waals surface area contributed by atoms with Crippen molar-refractivity contribution in [1.29, 1.82) is 0 Å². The van der Waals surface area contributed by atoms with Crippen LogP contribution in [-0.4, -0.2) is 102 Å². The van der Waals surface area contributed by atoms with Crippen molar-refractivity contribution < 1.29 is 42.5 Å². The maximum absolute atomic E-state index is 15.0. The summed E-state index contributed by atoms with van der Waals surface area (Å²) < 4.78 is 40.1. The average molecular weight is 866 g/mol. The first kappa shape index (κ1) is 44.1. The Morgan fingerprint density at radius 1 is 1.03 bits per heavy atom. The Balaban J connectivity index is 0.989. The molecule has 0 spiro atoms. The lowest BCUT2D eigenvalue weighted by atomic mass is 9.85. The zero-order valence-corrected chi connectivity index (χ0v) is 35.7. The van der Waals surface area contributed by atoms with E-state index >= 15 is 0 Å². The third-order valence-electron chi connectivity index (χ3n) is 10.1. The van der Waals surface area contributed by atoms with Gasteiger partial charge in [-0.15, -0.1) is 22.7 Å². The first-order valence-corrected chi connectivity index (χ1v) is 21.3. The molecule has 4 heterocycles. The number of rotatable bonds is 15. The second-order valence-corrected chi connectivity index (χ2v) is 17.3. The minimum atomic E-state index is -1.24. The van der Waals surface area contributed by atoms with E-state index in [0.717, 1.165) is 27.8 Å². The van der Waals surface area contributed by atoms with E-state index < -0.39 is 71.2 Å². The smallest absolute Gasteiger partial charge is 0.257 e. The SMILES string of the molecule is Cc1ncsc1-c1ccc([C@H](C)NC(=O)[C@@H]2C=C(O)CN2C(=O)[C@@H](NC(=O)CCCNC(=O)COc2c(-c3csc(N4CCOCC4)n3)ccc(F)c2F)C(C)(C)C)cc1. The summed E-state index contributed by atoms with van der Waals surface area (Å²) in [6.07, 6.45) is 1.45. The summed E-state index contributed by atoms with van der Waals surface area (Å²) in [7, 11) is 0. The molecule has 320 valence electrons. The van der Waals surface area contributed by atoms with Crippen molar-refractivity contribution >= 4 is 51.4 Å². The Hall–Kier alpha value is -5.46. The largest absolute Gasteiger partial charge is 0.511 e. The molecule has 0 saturated carbocycles. The molecule has 0 bridgehead atoms. The third-order valence-corrected chi connectivity index (χ3v) is 12.0. The summed E-state index contributed by atoms with van der Waals surface area (Å²) in [5.41, 5.74) is 4.39. The zero-order valence-electron chi connectivity index (χ0n) is 34.1. The highest BCUT2D eigenvalue weighted by atomic mass is 32.1. The van der Waals surface area contributed by atoms with Gasteiger partial charge in [-0.25, -0.2) is 14.4 Å². The van der Waals surface area contributed by atoms with Crippen LogP contribution >= 0.6 is 22.7 Å². The number of halogens is 2. The highest BCUT2D eigenvalue weighted by Crippen LogP contribution is 2.37.